The lowest BCUT2D eigenvalue weighted by molar-refractivity contribution is -0.393. The van der Waals surface area contributed by atoms with Crippen LogP contribution in [0.5, 0.6) is 5.75 Å². The lowest BCUT2D eigenvalue weighted by Gasteiger charge is -2.11. The standard InChI is InChI=1S/C16H10N4O11S2/c21-16-11-3-2-10(32(26,27)28)5-8(11)6-14(33(29,30)31)15(16)18-17-12-4-1-9(19(22)23)7-13(12)20(24)25/h1-7,21H,(H,26,27,28)(H,29,30,31)/p-1. The van der Waals surface area contributed by atoms with E-state index in [1.54, 1.807) is 0 Å². The Morgan fingerprint density at radius 3 is 2.09 bits per heavy atom. The lowest BCUT2D eigenvalue weighted by atomic mass is 10.1. The number of aromatic hydroxyl groups is 1. The first-order chi connectivity index (χ1) is 15.2. The molecule has 0 unspecified atom stereocenters. The number of nitrogens with zero attached hydrogens (tertiary/aromatic N) is 4. The molecule has 0 aliphatic rings. The summed E-state index contributed by atoms with van der Waals surface area (Å²) in [5.41, 5.74) is -2.89. The van der Waals surface area contributed by atoms with Crippen LogP contribution in [0.4, 0.5) is 22.7 Å². The Hall–Kier alpha value is -4.06. The summed E-state index contributed by atoms with van der Waals surface area (Å²) in [6.45, 7) is 0. The van der Waals surface area contributed by atoms with Gasteiger partial charge >= 0.3 is 5.69 Å². The number of phenols is 1. The van der Waals surface area contributed by atoms with E-state index in [9.17, 15) is 51.3 Å². The van der Waals surface area contributed by atoms with Crippen molar-refractivity contribution in [2.24, 2.45) is 10.2 Å². The first-order valence-electron chi connectivity index (χ1n) is 8.28. The molecule has 172 valence electrons. The summed E-state index contributed by atoms with van der Waals surface area (Å²) < 4.78 is 66.8. The smallest absolute Gasteiger partial charge is 0.303 e. The minimum absolute atomic E-state index is 0.193. The van der Waals surface area contributed by atoms with Crippen LogP contribution < -0.4 is 0 Å². The zero-order valence-corrected chi connectivity index (χ0v) is 17.3. The maximum absolute atomic E-state index is 11.8. The fourth-order valence-electron chi connectivity index (χ4n) is 2.74. The van der Waals surface area contributed by atoms with Crippen molar-refractivity contribution in [2.45, 2.75) is 9.79 Å². The number of azo groups is 1. The molecule has 0 heterocycles. The molecule has 0 fully saturated rings. The molecule has 0 atom stereocenters. The van der Waals surface area contributed by atoms with Crippen LogP contribution in [0, 0.1) is 20.2 Å². The zero-order chi connectivity index (χ0) is 24.7. The molecule has 0 saturated heterocycles. The summed E-state index contributed by atoms with van der Waals surface area (Å²) in [7, 11) is -10.0. The van der Waals surface area contributed by atoms with Gasteiger partial charge in [-0.15, -0.1) is 10.2 Å². The summed E-state index contributed by atoms with van der Waals surface area (Å²) in [6, 6.07) is 5.58. The summed E-state index contributed by atoms with van der Waals surface area (Å²) in [4.78, 5) is 18.3. The second-order valence-corrected chi connectivity index (χ2v) is 9.04. The molecule has 0 spiro atoms. The van der Waals surface area contributed by atoms with Crippen LogP contribution >= 0.6 is 0 Å². The van der Waals surface area contributed by atoms with E-state index in [0.29, 0.717) is 12.1 Å². The third-order valence-corrected chi connectivity index (χ3v) is 5.91. The van der Waals surface area contributed by atoms with Crippen LogP contribution in [-0.2, 0) is 20.2 Å². The molecule has 0 aliphatic heterocycles. The Bertz CT molecular complexity index is 1580. The highest BCUT2D eigenvalue weighted by atomic mass is 32.2. The summed E-state index contributed by atoms with van der Waals surface area (Å²) >= 11 is 0. The third kappa shape index (κ3) is 4.75. The predicted molar refractivity (Wildman–Crippen MR) is 107 cm³/mol. The minimum Gasteiger partial charge on any atom is -0.744 e. The molecule has 3 aromatic carbocycles. The molecule has 0 aliphatic carbocycles. The molecular weight excluding hydrogens is 488 g/mol. The van der Waals surface area contributed by atoms with Crippen LogP contribution in [0.2, 0.25) is 0 Å². The van der Waals surface area contributed by atoms with Gasteiger partial charge in [0.1, 0.15) is 20.7 Å². The molecule has 33 heavy (non-hydrogen) atoms. The maximum Gasteiger partial charge on any atom is 0.303 e. The first kappa shape index (κ1) is 23.6. The number of fused-ring (bicyclic) bond motifs is 1. The highest BCUT2D eigenvalue weighted by Crippen LogP contribution is 2.42. The van der Waals surface area contributed by atoms with Gasteiger partial charge in [-0.2, -0.15) is 8.42 Å². The van der Waals surface area contributed by atoms with Gasteiger partial charge in [-0.1, -0.05) is 0 Å². The number of nitro groups is 2. The van der Waals surface area contributed by atoms with E-state index in [-0.39, 0.29) is 10.8 Å². The lowest BCUT2D eigenvalue weighted by Crippen LogP contribution is -2.01. The average Bonchev–Trinajstić information content (AvgIpc) is 2.70. The molecule has 0 radical (unpaired) electrons. The summed E-state index contributed by atoms with van der Waals surface area (Å²) in [6.07, 6.45) is 0. The van der Waals surface area contributed by atoms with E-state index in [1.165, 1.54) is 0 Å². The number of non-ortho nitro benzene ring substituents is 1. The minimum atomic E-state index is -5.11. The average molecular weight is 497 g/mol. The van der Waals surface area contributed by atoms with Gasteiger partial charge in [-0.3, -0.25) is 24.8 Å². The van der Waals surface area contributed by atoms with Gasteiger partial charge in [0.15, 0.2) is 11.4 Å². The summed E-state index contributed by atoms with van der Waals surface area (Å²) in [5, 5.41) is 39.0. The van der Waals surface area contributed by atoms with E-state index in [4.69, 9.17) is 0 Å². The zero-order valence-electron chi connectivity index (χ0n) is 15.7. The van der Waals surface area contributed by atoms with Gasteiger partial charge in [0.05, 0.1) is 20.8 Å². The van der Waals surface area contributed by atoms with E-state index in [2.05, 4.69) is 10.2 Å². The Balaban J connectivity index is 2.27. The molecule has 3 aromatic rings. The van der Waals surface area contributed by atoms with Crippen LogP contribution in [-0.4, -0.2) is 40.9 Å². The van der Waals surface area contributed by atoms with Crippen molar-refractivity contribution in [1.29, 1.82) is 0 Å². The molecule has 3 rings (SSSR count). The van der Waals surface area contributed by atoms with Gasteiger partial charge < -0.3 is 9.66 Å². The van der Waals surface area contributed by atoms with Crippen molar-refractivity contribution in [2.75, 3.05) is 0 Å². The summed E-state index contributed by atoms with van der Waals surface area (Å²) in [5.74, 6) is -0.914. The Labute approximate surface area is 183 Å². The van der Waals surface area contributed by atoms with Crippen LogP contribution in [0.1, 0.15) is 0 Å². The van der Waals surface area contributed by atoms with Crippen molar-refractivity contribution in [3.05, 3.63) is 62.7 Å². The Kier molecular flexibility index (Phi) is 5.81. The van der Waals surface area contributed by atoms with Crippen LogP contribution in [0.15, 0.2) is 62.5 Å². The number of nitro benzene ring substituents is 2. The fourth-order valence-corrected chi connectivity index (χ4v) is 3.90. The van der Waals surface area contributed by atoms with Gasteiger partial charge in [-0.05, 0) is 35.7 Å². The number of phenolic OH excluding ortho intramolecular Hbond substituents is 1. The number of hydrogen-bond donors (Lipinski definition) is 2. The van der Waals surface area contributed by atoms with Crippen molar-refractivity contribution in [1.82, 2.24) is 0 Å². The molecule has 2 N–H and O–H groups in total. The highest BCUT2D eigenvalue weighted by Gasteiger charge is 2.24. The highest BCUT2D eigenvalue weighted by molar-refractivity contribution is 7.86. The van der Waals surface area contributed by atoms with E-state index in [0.717, 1.165) is 30.3 Å². The van der Waals surface area contributed by atoms with Gasteiger partial charge in [0.25, 0.3) is 15.8 Å². The molecule has 17 heteroatoms. The van der Waals surface area contributed by atoms with E-state index >= 15 is 0 Å². The molecular formula is C16H9N4O11S2-. The number of rotatable bonds is 6. The van der Waals surface area contributed by atoms with Crippen LogP contribution in [0.3, 0.4) is 0 Å². The van der Waals surface area contributed by atoms with Gasteiger partial charge in [0, 0.05) is 11.5 Å². The monoisotopic (exact) mass is 497 g/mol. The third-order valence-electron chi connectivity index (χ3n) is 4.21. The topological polar surface area (TPSA) is 243 Å². The van der Waals surface area contributed by atoms with Crippen molar-refractivity contribution < 1.29 is 40.9 Å². The van der Waals surface area contributed by atoms with Crippen molar-refractivity contribution in [3.63, 3.8) is 0 Å². The second kappa shape index (κ2) is 8.13. The fraction of sp³-hybridized carbons (Fsp3) is 0. The predicted octanol–water partition coefficient (Wildman–Crippen LogP) is 2.93. The van der Waals surface area contributed by atoms with Crippen molar-refractivity contribution >= 4 is 53.8 Å². The number of hydrogen-bond acceptors (Lipinski definition) is 12. The largest absolute Gasteiger partial charge is 0.744 e. The second-order valence-electron chi connectivity index (χ2n) is 6.27. The first-order valence-corrected chi connectivity index (χ1v) is 11.1. The van der Waals surface area contributed by atoms with Gasteiger partial charge in [-0.25, -0.2) is 8.42 Å². The molecule has 0 saturated carbocycles. The molecule has 15 nitrogen and oxygen atoms in total. The molecule has 0 bridgehead atoms. The normalized spacial score (nSPS) is 12.3. The van der Waals surface area contributed by atoms with Crippen molar-refractivity contribution in [3.8, 4) is 5.75 Å². The molecule has 0 aromatic heterocycles. The Morgan fingerprint density at radius 1 is 0.879 bits per heavy atom. The van der Waals surface area contributed by atoms with E-state index in [1.807, 2.05) is 0 Å². The molecule has 0 amide bonds. The van der Waals surface area contributed by atoms with Crippen LogP contribution in [0.25, 0.3) is 10.8 Å². The maximum atomic E-state index is 11.8. The Morgan fingerprint density at radius 2 is 1.55 bits per heavy atom. The number of benzene rings is 3. The SMILES string of the molecule is O=[N+]([O-])c1ccc(N=Nc2c(S(=O)(=O)O)cc3cc(S(=O)(=O)[O-])ccc3c2O)c([N+](=O)[O-])c1. The van der Waals surface area contributed by atoms with Gasteiger partial charge in [0.2, 0.25) is 0 Å². The van der Waals surface area contributed by atoms with E-state index < -0.39 is 68.4 Å². The quantitative estimate of drug-likeness (QED) is 0.217.